The quantitative estimate of drug-likeness (QED) is 0.0177. The monoisotopic (exact) mass is 1570 g/mol. The third-order valence-corrected chi connectivity index (χ3v) is 25.4. The molecule has 20 rings (SSSR count). The lowest BCUT2D eigenvalue weighted by Crippen LogP contribution is -2.29. The van der Waals surface area contributed by atoms with Gasteiger partial charge in [0.25, 0.3) is 0 Å². The summed E-state index contributed by atoms with van der Waals surface area (Å²) >= 11 is 4.46. The average Bonchev–Trinajstić information content (AvgIpc) is 0.769. The van der Waals surface area contributed by atoms with Gasteiger partial charge >= 0.3 is 23.9 Å². The van der Waals surface area contributed by atoms with Gasteiger partial charge in [0.05, 0.1) is 6.42 Å². The zero-order valence-electron chi connectivity index (χ0n) is 67.2. The minimum Gasteiger partial charge on any atom is -0.481 e. The molecule has 0 radical (unpaired) electrons. The number of aryl methyl sites for hydroxylation is 3. The first kappa shape index (κ1) is 79.9. The lowest BCUT2D eigenvalue weighted by atomic mass is 9.63. The lowest BCUT2D eigenvalue weighted by Gasteiger charge is -2.40. The van der Waals surface area contributed by atoms with E-state index in [9.17, 15) is 19.2 Å². The van der Waals surface area contributed by atoms with Crippen LogP contribution in [0.1, 0.15) is 151 Å². The van der Waals surface area contributed by atoms with Gasteiger partial charge in [-0.3, -0.25) is 19.2 Å². The Bertz CT molecular complexity index is 6540. The SMILES string of the molecule is O=C(O)CCCCCCCCCCCc1ccc2ccc3cccc4ccc1c2c34.O=C(O)CCCCCCCCCc1ccc2ccc3cccc4ccc1c2c34.O=C(O)CCCc1ccc2ccc3cccc4ccc1c2c34.O=C(O)Cc1ccc2ccc3cccc4ccc1c2c34.SCC1=C2C=CC3=CC=CC4=CC=C(C=C1)C2C34. The van der Waals surface area contributed by atoms with E-state index in [4.69, 9.17) is 20.4 Å². The molecule has 4 aliphatic rings. The number of carboxylic acid groups (broad SMARTS) is 4. The van der Waals surface area contributed by atoms with Crippen LogP contribution in [0.15, 0.2) is 301 Å². The normalized spacial score (nSPS) is 14.6. The highest BCUT2D eigenvalue weighted by Crippen LogP contribution is 2.50. The first-order valence-corrected chi connectivity index (χ1v) is 43.5. The fourth-order valence-electron chi connectivity index (χ4n) is 19.3. The van der Waals surface area contributed by atoms with Crippen LogP contribution in [0, 0.1) is 11.8 Å². The van der Waals surface area contributed by atoms with Crippen molar-refractivity contribution < 1.29 is 39.6 Å². The Morgan fingerprint density at radius 3 is 0.890 bits per heavy atom. The second kappa shape index (κ2) is 37.1. The van der Waals surface area contributed by atoms with Gasteiger partial charge in [-0.2, -0.15) is 12.6 Å². The first-order chi connectivity index (χ1) is 57.8. The van der Waals surface area contributed by atoms with Gasteiger partial charge in [-0.15, -0.1) is 0 Å². The number of hydrogen-bond acceptors (Lipinski definition) is 5. The van der Waals surface area contributed by atoms with Crippen LogP contribution < -0.4 is 0 Å². The molecule has 0 saturated heterocycles. The minimum absolute atomic E-state index is 0.0637. The predicted octanol–water partition coefficient (Wildman–Crippen LogP) is 28.6. The van der Waals surface area contributed by atoms with Crippen molar-refractivity contribution in [2.75, 3.05) is 5.75 Å². The van der Waals surface area contributed by atoms with Gasteiger partial charge in [0, 0.05) is 36.9 Å². The van der Waals surface area contributed by atoms with Crippen LogP contribution in [0.3, 0.4) is 0 Å². The van der Waals surface area contributed by atoms with Gasteiger partial charge in [0.2, 0.25) is 0 Å². The summed E-state index contributed by atoms with van der Waals surface area (Å²) < 4.78 is 0. The molecule has 2 atom stereocenters. The van der Waals surface area contributed by atoms with Crippen molar-refractivity contribution in [3.8, 4) is 0 Å². The summed E-state index contributed by atoms with van der Waals surface area (Å²) in [5.74, 6) is -1.00. The minimum atomic E-state index is -0.792. The Morgan fingerprint density at radius 2 is 0.534 bits per heavy atom. The Morgan fingerprint density at radius 1 is 0.254 bits per heavy atom. The summed E-state index contributed by atoms with van der Waals surface area (Å²) in [6, 6.07) is 78.5. The number of benzene rings is 16. The van der Waals surface area contributed by atoms with E-state index in [-0.39, 0.29) is 12.8 Å². The van der Waals surface area contributed by atoms with Crippen molar-refractivity contribution in [2.24, 2.45) is 11.8 Å². The summed E-state index contributed by atoms with van der Waals surface area (Å²) in [7, 11) is 0. The molecule has 9 heteroatoms. The number of carboxylic acids is 4. The highest BCUT2D eigenvalue weighted by atomic mass is 32.1. The molecule has 2 unspecified atom stereocenters. The number of thiol groups is 1. The lowest BCUT2D eigenvalue weighted by molar-refractivity contribution is -0.138. The van der Waals surface area contributed by atoms with Gasteiger partial charge in [-0.25, -0.2) is 0 Å². The van der Waals surface area contributed by atoms with Crippen molar-refractivity contribution in [1.82, 2.24) is 0 Å². The van der Waals surface area contributed by atoms with E-state index in [0.29, 0.717) is 31.1 Å². The van der Waals surface area contributed by atoms with E-state index in [2.05, 4.69) is 268 Å². The van der Waals surface area contributed by atoms with Gasteiger partial charge in [-0.1, -0.05) is 350 Å². The first-order valence-electron chi connectivity index (χ1n) is 42.8. The Hall–Kier alpha value is -11.9. The third-order valence-electron chi connectivity index (χ3n) is 25.1. The Balaban J connectivity index is 0.000000111. The predicted molar refractivity (Wildman–Crippen MR) is 498 cm³/mol. The second-order valence-electron chi connectivity index (χ2n) is 32.7. The number of allylic oxidation sites excluding steroid dienone is 13. The molecule has 0 bridgehead atoms. The maximum absolute atomic E-state index is 11.0. The van der Waals surface area contributed by atoms with E-state index in [1.54, 1.807) is 0 Å². The van der Waals surface area contributed by atoms with E-state index in [1.165, 1.54) is 239 Å². The Kier molecular flexibility index (Phi) is 25.2. The third kappa shape index (κ3) is 17.5. The molecule has 16 aromatic rings. The fourth-order valence-corrected chi connectivity index (χ4v) is 19.6. The summed E-state index contributed by atoms with van der Waals surface area (Å²) in [6.07, 6.45) is 43.7. The van der Waals surface area contributed by atoms with Crippen molar-refractivity contribution in [3.63, 3.8) is 0 Å². The van der Waals surface area contributed by atoms with Crippen LogP contribution in [0.25, 0.3) is 129 Å². The van der Waals surface area contributed by atoms with Crippen molar-refractivity contribution in [1.29, 1.82) is 0 Å². The van der Waals surface area contributed by atoms with Gasteiger partial charge in [0.1, 0.15) is 0 Å². The molecule has 0 aromatic heterocycles. The van der Waals surface area contributed by atoms with Crippen LogP contribution in [0.5, 0.6) is 0 Å². The Labute approximate surface area is 695 Å². The highest BCUT2D eigenvalue weighted by Gasteiger charge is 2.38. The number of rotatable bonds is 29. The molecule has 8 nitrogen and oxygen atoms in total. The van der Waals surface area contributed by atoms with Crippen molar-refractivity contribution in [2.45, 2.75) is 154 Å². The van der Waals surface area contributed by atoms with Crippen molar-refractivity contribution >= 4 is 166 Å². The van der Waals surface area contributed by atoms with Crippen LogP contribution in [-0.4, -0.2) is 50.1 Å². The molecular formula is C109H102O8S. The van der Waals surface area contributed by atoms with Gasteiger partial charge in [-0.05, 0) is 231 Å². The second-order valence-corrected chi connectivity index (χ2v) is 33.0. The molecule has 4 aliphatic carbocycles. The van der Waals surface area contributed by atoms with Crippen LogP contribution >= 0.6 is 12.6 Å². The number of hydrogen-bond donors (Lipinski definition) is 5. The maximum atomic E-state index is 11.0. The number of carbonyl (C=O) groups is 4. The molecule has 592 valence electrons. The molecule has 0 aliphatic heterocycles. The highest BCUT2D eigenvalue weighted by molar-refractivity contribution is 7.80. The van der Waals surface area contributed by atoms with Gasteiger partial charge in [0.15, 0.2) is 0 Å². The van der Waals surface area contributed by atoms with E-state index in [0.717, 1.165) is 68.1 Å². The van der Waals surface area contributed by atoms with Crippen LogP contribution in [-0.2, 0) is 44.9 Å². The molecule has 0 fully saturated rings. The molecule has 0 amide bonds. The average molecular weight is 1570 g/mol. The summed E-state index contributed by atoms with van der Waals surface area (Å²) in [6.45, 7) is 0. The smallest absolute Gasteiger partial charge is 0.307 e. The number of unbranched alkanes of at least 4 members (excludes halogenated alkanes) is 14. The van der Waals surface area contributed by atoms with E-state index >= 15 is 0 Å². The molecule has 0 saturated carbocycles. The number of aliphatic carboxylic acids is 4. The van der Waals surface area contributed by atoms with Gasteiger partial charge < -0.3 is 20.4 Å². The summed E-state index contributed by atoms with van der Waals surface area (Å²) in [5, 5.41) is 66.4. The van der Waals surface area contributed by atoms with Crippen molar-refractivity contribution in [3.05, 3.63) is 323 Å². The summed E-state index contributed by atoms with van der Waals surface area (Å²) in [5.41, 5.74) is 12.2. The standard InChI is InChI=1S/C28H32O2.C26H28O2.C20H16O2.C18H12O2.C17H14S/c29-26(30)14-9-7-5-3-1-2-4-6-8-11-21-15-16-24-18-17-22-12-10-13-23-19-20-25(21)28(24)27(22)23;27-24(28)12-7-5-3-1-2-4-6-9-19-13-14-22-16-15-20-10-8-11-21-17-18-23(19)26(22)25(20)21;21-18(22)6-2-3-13-7-8-16-10-9-14-4-1-5-15-11-12-17(13)20(16)19(14)15;19-16(20)10-14-7-6-13-5-4-11-2-1-3-12-8-9-15(14)18(13)17(11)12;18-10-14-7-6-13-5-4-11-2-1-3-12-8-9-15(14)17(13)16(11)12/h10,12-13,15-20H,1-9,11,14H2,(H,29,30);8,10-11,13-18H,1-7,9,12H2,(H,27,28);1,4-5,7-12H,2-3,6H2,(H,21,22);1-9H,10H2,(H,19,20);1-9,16-18H,10H2. The van der Waals surface area contributed by atoms with E-state index < -0.39 is 23.9 Å². The largest absolute Gasteiger partial charge is 0.481 e. The summed E-state index contributed by atoms with van der Waals surface area (Å²) in [4.78, 5) is 42.8. The molecule has 118 heavy (non-hydrogen) atoms. The van der Waals surface area contributed by atoms with Crippen LogP contribution in [0.2, 0.25) is 0 Å². The zero-order chi connectivity index (χ0) is 81.0. The molecule has 0 heterocycles. The zero-order valence-corrected chi connectivity index (χ0v) is 68.1. The van der Waals surface area contributed by atoms with E-state index in [1.807, 2.05) is 18.2 Å². The molecule has 16 aromatic carbocycles. The maximum Gasteiger partial charge on any atom is 0.307 e. The molecular weight excluding hydrogens is 1470 g/mol. The topological polar surface area (TPSA) is 149 Å². The fraction of sp³-hybridized carbons (Fsp3) is 0.248. The van der Waals surface area contributed by atoms with Crippen LogP contribution in [0.4, 0.5) is 0 Å². The molecule has 4 N–H and O–H groups in total. The molecule has 0 spiro atoms.